The number of hydrogen-bond acceptors (Lipinski definition) is 5. The van der Waals surface area contributed by atoms with Gasteiger partial charge in [0, 0.05) is 5.56 Å². The van der Waals surface area contributed by atoms with Crippen molar-refractivity contribution in [3.8, 4) is 11.5 Å². The van der Waals surface area contributed by atoms with E-state index in [1.807, 2.05) is 0 Å². The summed E-state index contributed by atoms with van der Waals surface area (Å²) >= 11 is 11.7. The lowest BCUT2D eigenvalue weighted by atomic mass is 10.1. The van der Waals surface area contributed by atoms with Gasteiger partial charge in [0.15, 0.2) is 23.9 Å². The summed E-state index contributed by atoms with van der Waals surface area (Å²) < 4.78 is 15.8. The van der Waals surface area contributed by atoms with Crippen molar-refractivity contribution in [1.82, 2.24) is 0 Å². The first-order valence-corrected chi connectivity index (χ1v) is 7.85. The van der Waals surface area contributed by atoms with Crippen molar-refractivity contribution < 1.29 is 23.8 Å². The topological polar surface area (TPSA) is 61.8 Å². The lowest BCUT2D eigenvalue weighted by Gasteiger charge is -2.18. The number of hydrogen-bond donors (Lipinski definition) is 0. The maximum Gasteiger partial charge on any atom is 0.338 e. The van der Waals surface area contributed by atoms with E-state index in [2.05, 4.69) is 0 Å². The average molecular weight is 367 g/mol. The van der Waals surface area contributed by atoms with E-state index in [1.54, 1.807) is 12.1 Å². The molecule has 7 heteroatoms. The van der Waals surface area contributed by atoms with E-state index in [-0.39, 0.29) is 16.4 Å². The second-order valence-corrected chi connectivity index (χ2v) is 5.80. The van der Waals surface area contributed by atoms with Gasteiger partial charge < -0.3 is 14.2 Å². The summed E-state index contributed by atoms with van der Waals surface area (Å²) in [5.74, 6) is 0.0519. The van der Waals surface area contributed by atoms with Crippen molar-refractivity contribution in [2.45, 2.75) is 0 Å². The van der Waals surface area contributed by atoms with Crippen molar-refractivity contribution in [3.63, 3.8) is 0 Å². The van der Waals surface area contributed by atoms with E-state index in [0.29, 0.717) is 35.3 Å². The summed E-state index contributed by atoms with van der Waals surface area (Å²) in [5, 5.41) is 0.613. The van der Waals surface area contributed by atoms with Gasteiger partial charge in [0.1, 0.15) is 13.2 Å². The summed E-state index contributed by atoms with van der Waals surface area (Å²) in [6, 6.07) is 9.18. The third-order valence-electron chi connectivity index (χ3n) is 3.35. The number of rotatable bonds is 4. The van der Waals surface area contributed by atoms with Gasteiger partial charge in [0.05, 0.1) is 15.6 Å². The number of benzene rings is 2. The molecule has 1 heterocycles. The van der Waals surface area contributed by atoms with Gasteiger partial charge in [-0.3, -0.25) is 4.79 Å². The molecule has 0 saturated heterocycles. The quantitative estimate of drug-likeness (QED) is 0.608. The number of carbonyl (C=O) groups excluding carboxylic acids is 2. The number of fused-ring (bicyclic) bond motifs is 1. The molecule has 2 aromatic carbocycles. The molecule has 24 heavy (non-hydrogen) atoms. The van der Waals surface area contributed by atoms with E-state index >= 15 is 0 Å². The molecule has 0 aromatic heterocycles. The van der Waals surface area contributed by atoms with Crippen LogP contribution in [-0.4, -0.2) is 31.6 Å². The fourth-order valence-corrected chi connectivity index (χ4v) is 2.44. The molecule has 124 valence electrons. The van der Waals surface area contributed by atoms with Crippen molar-refractivity contribution in [2.75, 3.05) is 19.8 Å². The van der Waals surface area contributed by atoms with Gasteiger partial charge in [-0.2, -0.15) is 0 Å². The van der Waals surface area contributed by atoms with E-state index in [0.717, 1.165) is 0 Å². The van der Waals surface area contributed by atoms with Gasteiger partial charge in [-0.15, -0.1) is 0 Å². The molecule has 1 aliphatic rings. The first-order valence-electron chi connectivity index (χ1n) is 7.09. The van der Waals surface area contributed by atoms with E-state index < -0.39 is 12.6 Å². The molecule has 0 unspecified atom stereocenters. The molecule has 0 atom stereocenters. The molecule has 1 aliphatic heterocycles. The molecular weight excluding hydrogens is 355 g/mol. The van der Waals surface area contributed by atoms with Crippen molar-refractivity contribution >= 4 is 35.0 Å². The summed E-state index contributed by atoms with van der Waals surface area (Å²) in [4.78, 5) is 24.1. The molecule has 0 amide bonds. The average Bonchev–Trinajstić information content (AvgIpc) is 2.61. The highest BCUT2D eigenvalue weighted by Gasteiger charge is 2.17. The molecule has 3 rings (SSSR count). The Hall–Kier alpha value is -2.24. The minimum atomic E-state index is -0.625. The van der Waals surface area contributed by atoms with E-state index in [9.17, 15) is 9.59 Å². The molecule has 5 nitrogen and oxygen atoms in total. The largest absolute Gasteiger partial charge is 0.486 e. The lowest BCUT2D eigenvalue weighted by Crippen LogP contribution is -2.17. The van der Waals surface area contributed by atoms with Crippen molar-refractivity contribution in [3.05, 3.63) is 57.6 Å². The van der Waals surface area contributed by atoms with Crippen LogP contribution in [0.5, 0.6) is 11.5 Å². The Morgan fingerprint density at radius 1 is 0.917 bits per heavy atom. The predicted octanol–water partition coefficient (Wildman–Crippen LogP) is 3.80. The summed E-state index contributed by atoms with van der Waals surface area (Å²) in [7, 11) is 0. The fourth-order valence-electron chi connectivity index (χ4n) is 2.14. The Morgan fingerprint density at radius 2 is 1.62 bits per heavy atom. The third-order valence-corrected chi connectivity index (χ3v) is 4.09. The van der Waals surface area contributed by atoms with Gasteiger partial charge in [0.2, 0.25) is 0 Å². The van der Waals surface area contributed by atoms with Crippen LogP contribution >= 0.6 is 23.2 Å². The molecule has 0 saturated carbocycles. The first-order chi connectivity index (χ1) is 11.5. The Morgan fingerprint density at radius 3 is 2.38 bits per heavy atom. The molecule has 0 radical (unpaired) electrons. The van der Waals surface area contributed by atoms with Crippen LogP contribution in [0.2, 0.25) is 10.0 Å². The fraction of sp³-hybridized carbons (Fsp3) is 0.176. The standard InChI is InChI=1S/C17H12Cl2O5/c18-12-3-1-10(7-13(12)19)14(20)9-24-17(21)11-2-4-15-16(8-11)23-6-5-22-15/h1-4,7-8H,5-6,9H2. The van der Waals surface area contributed by atoms with Crippen molar-refractivity contribution in [1.29, 1.82) is 0 Å². The van der Waals surface area contributed by atoms with Crippen LogP contribution in [0.25, 0.3) is 0 Å². The van der Waals surface area contributed by atoms with Gasteiger partial charge in [-0.25, -0.2) is 4.79 Å². The van der Waals surface area contributed by atoms with Gasteiger partial charge in [-0.05, 0) is 36.4 Å². The van der Waals surface area contributed by atoms with Crippen LogP contribution in [0, 0.1) is 0 Å². The molecule has 0 N–H and O–H groups in total. The first kappa shape index (κ1) is 16.6. The SMILES string of the molecule is O=C(COC(=O)c1ccc2c(c1)OCCO2)c1ccc(Cl)c(Cl)c1. The Bertz CT molecular complexity index is 804. The molecule has 0 fully saturated rings. The number of ketones is 1. The smallest absolute Gasteiger partial charge is 0.338 e. The maximum absolute atomic E-state index is 12.1. The molecule has 2 aromatic rings. The normalized spacial score (nSPS) is 12.6. The highest BCUT2D eigenvalue weighted by Crippen LogP contribution is 2.31. The van der Waals surface area contributed by atoms with Crippen LogP contribution in [0.15, 0.2) is 36.4 Å². The van der Waals surface area contributed by atoms with Gasteiger partial charge in [0.25, 0.3) is 0 Å². The molecule has 0 spiro atoms. The number of carbonyl (C=O) groups is 2. The number of ether oxygens (including phenoxy) is 3. The summed E-state index contributed by atoms with van der Waals surface area (Å²) in [6.07, 6.45) is 0. The summed E-state index contributed by atoms with van der Waals surface area (Å²) in [5.41, 5.74) is 0.598. The zero-order chi connectivity index (χ0) is 17.1. The van der Waals surface area contributed by atoms with Gasteiger partial charge >= 0.3 is 5.97 Å². The minimum Gasteiger partial charge on any atom is -0.486 e. The van der Waals surface area contributed by atoms with E-state index in [1.165, 1.54) is 24.3 Å². The Balaban J connectivity index is 1.64. The Labute approximate surface area is 148 Å². The number of esters is 1. The lowest BCUT2D eigenvalue weighted by molar-refractivity contribution is 0.0474. The minimum absolute atomic E-state index is 0.265. The highest BCUT2D eigenvalue weighted by molar-refractivity contribution is 6.42. The van der Waals surface area contributed by atoms with Crippen LogP contribution in [0.3, 0.4) is 0 Å². The second kappa shape index (κ2) is 7.11. The van der Waals surface area contributed by atoms with Crippen molar-refractivity contribution in [2.24, 2.45) is 0 Å². The van der Waals surface area contributed by atoms with Crippen LogP contribution in [0.4, 0.5) is 0 Å². The summed E-state index contributed by atoms with van der Waals surface area (Å²) in [6.45, 7) is 0.488. The zero-order valence-corrected chi connectivity index (χ0v) is 13.9. The molecule has 0 aliphatic carbocycles. The predicted molar refractivity (Wildman–Crippen MR) is 88.5 cm³/mol. The zero-order valence-electron chi connectivity index (χ0n) is 12.4. The maximum atomic E-state index is 12.1. The van der Waals surface area contributed by atoms with E-state index in [4.69, 9.17) is 37.4 Å². The monoisotopic (exact) mass is 366 g/mol. The van der Waals surface area contributed by atoms with Crippen LogP contribution in [0.1, 0.15) is 20.7 Å². The second-order valence-electron chi connectivity index (χ2n) is 4.99. The molecule has 0 bridgehead atoms. The highest BCUT2D eigenvalue weighted by atomic mass is 35.5. The number of halogens is 2. The van der Waals surface area contributed by atoms with Gasteiger partial charge in [-0.1, -0.05) is 23.2 Å². The number of Topliss-reactive ketones (excluding diaryl/α,β-unsaturated/α-hetero) is 1. The third kappa shape index (κ3) is 3.63. The van der Waals surface area contributed by atoms with Crippen LogP contribution in [-0.2, 0) is 4.74 Å². The molecular formula is C17H12Cl2O5. The Kier molecular flexibility index (Phi) is 4.92. The van der Waals surface area contributed by atoms with Crippen LogP contribution < -0.4 is 9.47 Å².